The Balaban J connectivity index is 0.000000211. The van der Waals surface area contributed by atoms with Crippen molar-refractivity contribution in [2.75, 3.05) is 16.8 Å². The number of nitrogens with zero attached hydrogens (tertiary/aromatic N) is 1. The molecule has 0 aliphatic heterocycles. The van der Waals surface area contributed by atoms with Crippen molar-refractivity contribution in [3.63, 3.8) is 0 Å². The molecule has 0 amide bonds. The van der Waals surface area contributed by atoms with E-state index in [0.29, 0.717) is 5.92 Å². The van der Waals surface area contributed by atoms with Crippen molar-refractivity contribution in [3.05, 3.63) is 168 Å². The minimum Gasteiger partial charge on any atom is -0.385 e. The van der Waals surface area contributed by atoms with Crippen molar-refractivity contribution in [1.82, 2.24) is 0 Å². The molecule has 2 nitrogen and oxygen atoms in total. The lowest BCUT2D eigenvalue weighted by Gasteiger charge is -2.26. The fraction of sp³-hybridized carbons (Fsp3) is 0.190. The third kappa shape index (κ3) is 9.34. The molecule has 0 saturated carbocycles. The number of aryl methyl sites for hydroxylation is 2. The summed E-state index contributed by atoms with van der Waals surface area (Å²) >= 11 is 0. The number of rotatable bonds is 7. The molecule has 1 N–H and O–H groups in total. The number of fused-ring (bicyclic) bond motifs is 1. The zero-order valence-corrected chi connectivity index (χ0v) is 26.9. The van der Waals surface area contributed by atoms with Gasteiger partial charge in [-0.2, -0.15) is 0 Å². The van der Waals surface area contributed by atoms with Crippen LogP contribution in [0.15, 0.2) is 152 Å². The molecular formula is C42H46N2. The first-order chi connectivity index (χ1) is 21.5. The highest BCUT2D eigenvalue weighted by Gasteiger charge is 2.13. The average Bonchev–Trinajstić information content (AvgIpc) is 3.07. The van der Waals surface area contributed by atoms with Gasteiger partial charge >= 0.3 is 0 Å². The van der Waals surface area contributed by atoms with Crippen LogP contribution in [0.5, 0.6) is 0 Å². The Morgan fingerprint density at radius 1 is 0.523 bits per heavy atom. The van der Waals surface area contributed by atoms with E-state index >= 15 is 0 Å². The van der Waals surface area contributed by atoms with Crippen molar-refractivity contribution in [2.24, 2.45) is 0 Å². The van der Waals surface area contributed by atoms with E-state index in [-0.39, 0.29) is 0 Å². The van der Waals surface area contributed by atoms with E-state index in [4.69, 9.17) is 0 Å². The van der Waals surface area contributed by atoms with Crippen LogP contribution in [0.4, 0.5) is 22.7 Å². The predicted molar refractivity (Wildman–Crippen MR) is 194 cm³/mol. The summed E-state index contributed by atoms with van der Waals surface area (Å²) in [6, 6.07) is 53.5. The van der Waals surface area contributed by atoms with Crippen molar-refractivity contribution in [3.8, 4) is 0 Å². The second-order valence-corrected chi connectivity index (χ2v) is 11.2. The van der Waals surface area contributed by atoms with Gasteiger partial charge in [-0.25, -0.2) is 0 Å². The number of benzene rings is 6. The Morgan fingerprint density at radius 2 is 1.05 bits per heavy atom. The highest BCUT2D eigenvalue weighted by atomic mass is 15.1. The molecule has 6 aromatic rings. The van der Waals surface area contributed by atoms with E-state index in [9.17, 15) is 0 Å². The van der Waals surface area contributed by atoms with E-state index in [0.717, 1.165) is 13.0 Å². The summed E-state index contributed by atoms with van der Waals surface area (Å²) in [4.78, 5) is 2.33. The molecule has 0 radical (unpaired) electrons. The van der Waals surface area contributed by atoms with Crippen LogP contribution in [0.3, 0.4) is 0 Å². The zero-order chi connectivity index (χ0) is 31.1. The van der Waals surface area contributed by atoms with E-state index in [1.807, 2.05) is 18.2 Å². The molecule has 0 aliphatic carbocycles. The Hall–Kier alpha value is -4.82. The van der Waals surface area contributed by atoms with Gasteiger partial charge in [-0.15, -0.1) is 0 Å². The molecule has 0 bridgehead atoms. The maximum atomic E-state index is 3.23. The van der Waals surface area contributed by atoms with Gasteiger partial charge in [-0.05, 0) is 98.0 Å². The summed E-state index contributed by atoms with van der Waals surface area (Å²) in [5.74, 6) is 0.588. The van der Waals surface area contributed by atoms with E-state index in [1.54, 1.807) is 0 Å². The minimum absolute atomic E-state index is 0.588. The van der Waals surface area contributed by atoms with E-state index in [1.165, 1.54) is 50.2 Å². The molecule has 1 unspecified atom stereocenters. The van der Waals surface area contributed by atoms with Crippen LogP contribution >= 0.6 is 0 Å². The first kappa shape index (κ1) is 32.1. The molecule has 0 aliphatic rings. The zero-order valence-electron chi connectivity index (χ0n) is 26.9. The highest BCUT2D eigenvalue weighted by Crippen LogP contribution is 2.36. The van der Waals surface area contributed by atoms with Gasteiger partial charge in [0.1, 0.15) is 0 Å². The second kappa shape index (κ2) is 16.7. The van der Waals surface area contributed by atoms with Gasteiger partial charge in [0.25, 0.3) is 0 Å². The Kier molecular flexibility index (Phi) is 12.2. The quantitative estimate of drug-likeness (QED) is 0.203. The summed E-state index contributed by atoms with van der Waals surface area (Å²) in [5, 5.41) is 5.76. The second-order valence-electron chi connectivity index (χ2n) is 11.2. The molecule has 6 aromatic carbocycles. The number of hydrogen-bond acceptors (Lipinski definition) is 2. The Labute approximate surface area is 265 Å². The molecule has 0 fully saturated rings. The lowest BCUT2D eigenvalue weighted by molar-refractivity contribution is 0.733. The minimum atomic E-state index is 0.588. The van der Waals surface area contributed by atoms with Gasteiger partial charge in [0.2, 0.25) is 0 Å². The van der Waals surface area contributed by atoms with Crippen molar-refractivity contribution < 1.29 is 0 Å². The lowest BCUT2D eigenvalue weighted by atomic mass is 9.98. The standard InChI is InChI=1S/C26H25N.C9H13N.C7H8/c1-3-20(2)21-13-16-25(17-14-21)27(24-11-5-4-6-12-24)26-18-15-22-9-7-8-10-23(22)19-26;1-3-10-9-6-4-8(2)5-7-9;1-7-5-3-2-4-6-7/h4-20H,3H2,1-2H3;4-7,10H,3H2,1-2H3;2-6H,1H3. The van der Waals surface area contributed by atoms with Crippen LogP contribution in [0.2, 0.25) is 0 Å². The molecule has 224 valence electrons. The van der Waals surface area contributed by atoms with Crippen molar-refractivity contribution in [1.29, 1.82) is 0 Å². The molecule has 1 atom stereocenters. The van der Waals surface area contributed by atoms with Crippen molar-refractivity contribution in [2.45, 2.75) is 47.0 Å². The average molecular weight is 579 g/mol. The highest BCUT2D eigenvalue weighted by molar-refractivity contribution is 5.89. The first-order valence-corrected chi connectivity index (χ1v) is 15.7. The number of para-hydroxylation sites is 1. The monoisotopic (exact) mass is 578 g/mol. The molecule has 0 heterocycles. The fourth-order valence-electron chi connectivity index (χ4n) is 4.94. The smallest absolute Gasteiger partial charge is 0.0468 e. The number of hydrogen-bond donors (Lipinski definition) is 1. The van der Waals surface area contributed by atoms with E-state index < -0.39 is 0 Å². The maximum absolute atomic E-state index is 3.23. The summed E-state index contributed by atoms with van der Waals surface area (Å²) in [6.07, 6.45) is 1.16. The van der Waals surface area contributed by atoms with Gasteiger partial charge in [0.05, 0.1) is 0 Å². The van der Waals surface area contributed by atoms with Gasteiger partial charge in [-0.1, -0.05) is 128 Å². The largest absolute Gasteiger partial charge is 0.385 e. The number of anilines is 4. The molecular weight excluding hydrogens is 532 g/mol. The summed E-state index contributed by atoms with van der Waals surface area (Å²) < 4.78 is 0. The van der Waals surface area contributed by atoms with Gasteiger partial charge < -0.3 is 10.2 Å². The third-order valence-corrected chi connectivity index (χ3v) is 7.71. The van der Waals surface area contributed by atoms with Gasteiger partial charge in [-0.3, -0.25) is 0 Å². The van der Waals surface area contributed by atoms with Crippen LogP contribution < -0.4 is 10.2 Å². The number of nitrogens with one attached hydrogen (secondary N) is 1. The van der Waals surface area contributed by atoms with Gasteiger partial charge in [0, 0.05) is 29.3 Å². The van der Waals surface area contributed by atoms with Crippen LogP contribution in [-0.2, 0) is 0 Å². The normalized spacial score (nSPS) is 10.9. The van der Waals surface area contributed by atoms with Crippen LogP contribution in [0, 0.1) is 13.8 Å². The topological polar surface area (TPSA) is 15.3 Å². The maximum Gasteiger partial charge on any atom is 0.0468 e. The molecule has 2 heteroatoms. The van der Waals surface area contributed by atoms with Crippen LogP contribution in [-0.4, -0.2) is 6.54 Å². The summed E-state index contributed by atoms with van der Waals surface area (Å²) in [5.41, 5.74) is 8.76. The molecule has 0 saturated heterocycles. The molecule has 44 heavy (non-hydrogen) atoms. The summed E-state index contributed by atoms with van der Waals surface area (Å²) in [6.45, 7) is 11.8. The fourth-order valence-corrected chi connectivity index (χ4v) is 4.94. The molecule has 6 rings (SSSR count). The van der Waals surface area contributed by atoms with Crippen LogP contribution in [0.1, 0.15) is 49.8 Å². The Morgan fingerprint density at radius 3 is 1.61 bits per heavy atom. The van der Waals surface area contributed by atoms with Crippen LogP contribution in [0.25, 0.3) is 10.8 Å². The van der Waals surface area contributed by atoms with Crippen molar-refractivity contribution >= 4 is 33.5 Å². The first-order valence-electron chi connectivity index (χ1n) is 15.7. The SMILES string of the molecule is CCC(C)c1ccc(N(c2ccccc2)c2ccc3ccccc3c2)cc1.CCNc1ccc(C)cc1.Cc1ccccc1. The summed E-state index contributed by atoms with van der Waals surface area (Å²) in [7, 11) is 0. The third-order valence-electron chi connectivity index (χ3n) is 7.71. The Bertz CT molecular complexity index is 1660. The molecule has 0 spiro atoms. The molecule has 0 aromatic heterocycles. The predicted octanol–water partition coefficient (Wildman–Crippen LogP) is 12.2. The van der Waals surface area contributed by atoms with Gasteiger partial charge in [0.15, 0.2) is 0 Å². The van der Waals surface area contributed by atoms with E-state index in [2.05, 4.69) is 178 Å². The lowest BCUT2D eigenvalue weighted by Crippen LogP contribution is -2.10.